The second-order valence-electron chi connectivity index (χ2n) is 6.11. The quantitative estimate of drug-likeness (QED) is 0.687. The fourth-order valence-corrected chi connectivity index (χ4v) is 2.08. The Morgan fingerprint density at radius 3 is 2.35 bits per heavy atom. The lowest BCUT2D eigenvalue weighted by Gasteiger charge is -2.15. The zero-order chi connectivity index (χ0) is 17.2. The number of benzene rings is 1. The molecule has 3 amide bonds. The van der Waals surface area contributed by atoms with E-state index in [-0.39, 0.29) is 30.3 Å². The molecule has 0 heterocycles. The Labute approximate surface area is 137 Å². The molecule has 0 aliphatic heterocycles. The van der Waals surface area contributed by atoms with Gasteiger partial charge in [0.05, 0.1) is 6.54 Å². The van der Waals surface area contributed by atoms with Gasteiger partial charge in [-0.3, -0.25) is 4.79 Å². The van der Waals surface area contributed by atoms with Crippen LogP contribution in [0.1, 0.15) is 40.0 Å². The lowest BCUT2D eigenvalue weighted by atomic mass is 10.0. The molecule has 23 heavy (non-hydrogen) atoms. The van der Waals surface area contributed by atoms with Gasteiger partial charge in [0.25, 0.3) is 0 Å². The van der Waals surface area contributed by atoms with Crippen LogP contribution in [-0.4, -0.2) is 24.5 Å². The molecule has 1 unspecified atom stereocenters. The van der Waals surface area contributed by atoms with Crippen LogP contribution in [0.3, 0.4) is 0 Å². The minimum atomic E-state index is -0.369. The molecule has 1 aromatic carbocycles. The van der Waals surface area contributed by atoms with Crippen LogP contribution in [0.5, 0.6) is 0 Å². The Kier molecular flexibility index (Phi) is 8.08. The maximum Gasteiger partial charge on any atom is 0.315 e. The molecule has 0 bridgehead atoms. The van der Waals surface area contributed by atoms with E-state index in [4.69, 9.17) is 0 Å². The molecule has 0 aliphatic carbocycles. The van der Waals surface area contributed by atoms with Crippen molar-refractivity contribution in [2.45, 2.75) is 46.1 Å². The Morgan fingerprint density at radius 2 is 1.74 bits per heavy atom. The van der Waals surface area contributed by atoms with Crippen molar-refractivity contribution in [2.24, 2.45) is 5.92 Å². The number of halogens is 1. The summed E-state index contributed by atoms with van der Waals surface area (Å²) in [5.41, 5.74) is 0.487. The molecule has 1 aromatic rings. The van der Waals surface area contributed by atoms with Gasteiger partial charge in [0.1, 0.15) is 5.82 Å². The molecular formula is C17H26FN3O2. The van der Waals surface area contributed by atoms with Crippen molar-refractivity contribution in [3.63, 3.8) is 0 Å². The zero-order valence-corrected chi connectivity index (χ0v) is 14.0. The Hall–Kier alpha value is -2.11. The Bertz CT molecular complexity index is 503. The van der Waals surface area contributed by atoms with Gasteiger partial charge in [-0.15, -0.1) is 0 Å². The molecule has 0 aliphatic rings. The first-order chi connectivity index (χ1) is 10.9. The minimum absolute atomic E-state index is 0.0638. The van der Waals surface area contributed by atoms with Crippen LogP contribution in [0.15, 0.2) is 24.3 Å². The first-order valence-corrected chi connectivity index (χ1v) is 7.96. The molecule has 0 fully saturated rings. The van der Waals surface area contributed by atoms with Gasteiger partial charge >= 0.3 is 6.03 Å². The van der Waals surface area contributed by atoms with E-state index in [0.29, 0.717) is 11.6 Å². The summed E-state index contributed by atoms with van der Waals surface area (Å²) in [6, 6.07) is 5.14. The maximum absolute atomic E-state index is 12.8. The summed E-state index contributed by atoms with van der Waals surface area (Å²) in [6.07, 6.45) is 3.10. The number of amides is 3. The van der Waals surface area contributed by atoms with Crippen LogP contribution in [-0.2, 0) is 4.79 Å². The van der Waals surface area contributed by atoms with Crippen molar-refractivity contribution in [3.05, 3.63) is 30.1 Å². The molecular weight excluding hydrogens is 297 g/mol. The standard InChI is InChI=1S/C17H26FN3O2/c1-12(2)5-4-6-13(3)20-17(23)19-11-16(22)21-15-9-7-14(18)8-10-15/h7-10,12-13H,4-6,11H2,1-3H3,(H,21,22)(H2,19,20,23). The van der Waals surface area contributed by atoms with E-state index in [1.54, 1.807) is 0 Å². The third kappa shape index (κ3) is 8.80. The minimum Gasteiger partial charge on any atom is -0.336 e. The van der Waals surface area contributed by atoms with Crippen molar-refractivity contribution in [2.75, 3.05) is 11.9 Å². The molecule has 3 N–H and O–H groups in total. The topological polar surface area (TPSA) is 70.2 Å². The van der Waals surface area contributed by atoms with E-state index >= 15 is 0 Å². The molecule has 6 heteroatoms. The van der Waals surface area contributed by atoms with Crippen molar-refractivity contribution in [3.8, 4) is 0 Å². The number of anilines is 1. The summed E-state index contributed by atoms with van der Waals surface area (Å²) < 4.78 is 12.8. The first-order valence-electron chi connectivity index (χ1n) is 7.96. The summed E-state index contributed by atoms with van der Waals surface area (Å²) in [4.78, 5) is 23.4. The van der Waals surface area contributed by atoms with Crippen LogP contribution in [0.2, 0.25) is 0 Å². The van der Waals surface area contributed by atoms with Crippen LogP contribution in [0, 0.1) is 11.7 Å². The molecule has 0 aromatic heterocycles. The van der Waals surface area contributed by atoms with Crippen LogP contribution >= 0.6 is 0 Å². The molecule has 0 radical (unpaired) electrons. The van der Waals surface area contributed by atoms with E-state index < -0.39 is 0 Å². The highest BCUT2D eigenvalue weighted by Gasteiger charge is 2.09. The zero-order valence-electron chi connectivity index (χ0n) is 14.0. The predicted molar refractivity (Wildman–Crippen MR) is 89.7 cm³/mol. The van der Waals surface area contributed by atoms with Gasteiger partial charge in [-0.05, 0) is 43.5 Å². The van der Waals surface area contributed by atoms with E-state index in [1.165, 1.54) is 24.3 Å². The lowest BCUT2D eigenvalue weighted by molar-refractivity contribution is -0.115. The van der Waals surface area contributed by atoms with E-state index in [0.717, 1.165) is 19.3 Å². The van der Waals surface area contributed by atoms with Crippen LogP contribution < -0.4 is 16.0 Å². The Morgan fingerprint density at radius 1 is 1.09 bits per heavy atom. The number of carbonyl (C=O) groups excluding carboxylic acids is 2. The first kappa shape index (κ1) is 18.9. The number of urea groups is 1. The summed E-state index contributed by atoms with van der Waals surface area (Å²) in [6.45, 7) is 6.15. The average Bonchev–Trinajstić information content (AvgIpc) is 2.47. The van der Waals surface area contributed by atoms with Gasteiger partial charge in [0.15, 0.2) is 0 Å². The highest BCUT2D eigenvalue weighted by atomic mass is 19.1. The van der Waals surface area contributed by atoms with Gasteiger partial charge in [0, 0.05) is 11.7 Å². The maximum atomic E-state index is 12.8. The van der Waals surface area contributed by atoms with Gasteiger partial charge < -0.3 is 16.0 Å². The molecule has 0 saturated carbocycles. The van der Waals surface area contributed by atoms with Gasteiger partial charge in [-0.2, -0.15) is 0 Å². The summed E-state index contributed by atoms with van der Waals surface area (Å²) >= 11 is 0. The summed E-state index contributed by atoms with van der Waals surface area (Å²) in [7, 11) is 0. The number of hydrogen-bond donors (Lipinski definition) is 3. The van der Waals surface area contributed by atoms with E-state index in [1.807, 2.05) is 6.92 Å². The fraction of sp³-hybridized carbons (Fsp3) is 0.529. The number of nitrogens with one attached hydrogen (secondary N) is 3. The monoisotopic (exact) mass is 323 g/mol. The number of rotatable bonds is 8. The van der Waals surface area contributed by atoms with Crippen molar-refractivity contribution in [1.29, 1.82) is 0 Å². The Balaban J connectivity index is 2.21. The highest BCUT2D eigenvalue weighted by molar-refractivity contribution is 5.94. The van der Waals surface area contributed by atoms with Crippen molar-refractivity contribution in [1.82, 2.24) is 10.6 Å². The average molecular weight is 323 g/mol. The van der Waals surface area contributed by atoms with Gasteiger partial charge in [-0.1, -0.05) is 26.7 Å². The van der Waals surface area contributed by atoms with Crippen LogP contribution in [0.4, 0.5) is 14.9 Å². The van der Waals surface area contributed by atoms with Crippen molar-refractivity contribution < 1.29 is 14.0 Å². The molecule has 0 spiro atoms. The lowest BCUT2D eigenvalue weighted by Crippen LogP contribution is -2.43. The summed E-state index contributed by atoms with van der Waals surface area (Å²) in [5.74, 6) is -0.0719. The van der Waals surface area contributed by atoms with Crippen LogP contribution in [0.25, 0.3) is 0 Å². The second kappa shape index (κ2) is 9.82. The summed E-state index contributed by atoms with van der Waals surface area (Å²) in [5, 5.41) is 7.89. The van der Waals surface area contributed by atoms with Gasteiger partial charge in [0.2, 0.25) is 5.91 Å². The van der Waals surface area contributed by atoms with E-state index in [9.17, 15) is 14.0 Å². The molecule has 128 valence electrons. The van der Waals surface area contributed by atoms with E-state index in [2.05, 4.69) is 29.8 Å². The molecule has 0 saturated heterocycles. The second-order valence-corrected chi connectivity index (χ2v) is 6.11. The number of carbonyl (C=O) groups is 2. The largest absolute Gasteiger partial charge is 0.336 e. The third-order valence-electron chi connectivity index (χ3n) is 3.33. The predicted octanol–water partition coefficient (Wildman–Crippen LogP) is 3.28. The smallest absolute Gasteiger partial charge is 0.315 e. The number of hydrogen-bond acceptors (Lipinski definition) is 2. The SMILES string of the molecule is CC(C)CCCC(C)NC(=O)NCC(=O)Nc1ccc(F)cc1. The fourth-order valence-electron chi connectivity index (χ4n) is 2.08. The van der Waals surface area contributed by atoms with Gasteiger partial charge in [-0.25, -0.2) is 9.18 Å². The molecule has 1 atom stereocenters. The normalized spacial score (nSPS) is 11.9. The highest BCUT2D eigenvalue weighted by Crippen LogP contribution is 2.08. The van der Waals surface area contributed by atoms with Crippen molar-refractivity contribution >= 4 is 17.6 Å². The molecule has 5 nitrogen and oxygen atoms in total. The molecule has 1 rings (SSSR count). The third-order valence-corrected chi connectivity index (χ3v) is 3.33.